The summed E-state index contributed by atoms with van der Waals surface area (Å²) in [6.07, 6.45) is 0. The van der Waals surface area contributed by atoms with Gasteiger partial charge in [-0.05, 0) is 64.4 Å². The van der Waals surface area contributed by atoms with Crippen LogP contribution < -0.4 is 0 Å². The summed E-state index contributed by atoms with van der Waals surface area (Å²) >= 11 is 1.73. The zero-order valence-corrected chi connectivity index (χ0v) is 24.9. The summed E-state index contributed by atoms with van der Waals surface area (Å²) in [6, 6.07) is 51.9. The molecule has 0 spiro atoms. The van der Waals surface area contributed by atoms with E-state index in [1.54, 1.807) is 11.3 Å². The van der Waals surface area contributed by atoms with Crippen molar-refractivity contribution < 1.29 is 4.42 Å². The van der Waals surface area contributed by atoms with Crippen LogP contribution >= 0.6 is 11.3 Å². The van der Waals surface area contributed by atoms with Gasteiger partial charge in [-0.2, -0.15) is 0 Å². The number of thiazole rings is 1. The van der Waals surface area contributed by atoms with E-state index in [0.717, 1.165) is 43.7 Å². The molecule has 10 rings (SSSR count). The van der Waals surface area contributed by atoms with Crippen molar-refractivity contribution in [3.05, 3.63) is 146 Å². The second-order valence-corrected chi connectivity index (χ2v) is 12.6. The van der Waals surface area contributed by atoms with Gasteiger partial charge in [0.2, 0.25) is 0 Å². The Morgan fingerprint density at radius 2 is 1.18 bits per heavy atom. The summed E-state index contributed by atoms with van der Waals surface area (Å²) < 4.78 is 9.65. The van der Waals surface area contributed by atoms with E-state index in [1.165, 1.54) is 48.4 Å². The van der Waals surface area contributed by atoms with Crippen LogP contribution in [0.15, 0.2) is 150 Å². The molecule has 0 saturated carbocycles. The lowest BCUT2D eigenvalue weighted by atomic mass is 10.0. The maximum absolute atomic E-state index is 6.09. The number of nitrogens with zero attached hydrogens (tertiary/aromatic N) is 2. The summed E-state index contributed by atoms with van der Waals surface area (Å²) in [4.78, 5) is 5.10. The van der Waals surface area contributed by atoms with Crippen LogP contribution in [0.25, 0.3) is 92.1 Å². The molecule has 45 heavy (non-hydrogen) atoms. The average Bonchev–Trinajstić information content (AvgIpc) is 3.80. The van der Waals surface area contributed by atoms with Gasteiger partial charge in [-0.25, -0.2) is 4.98 Å². The smallest absolute Gasteiger partial charge is 0.137 e. The zero-order chi connectivity index (χ0) is 29.5. The second-order valence-electron chi connectivity index (χ2n) is 11.6. The molecule has 0 radical (unpaired) electrons. The van der Waals surface area contributed by atoms with E-state index in [0.29, 0.717) is 0 Å². The van der Waals surface area contributed by atoms with Gasteiger partial charge in [0.25, 0.3) is 0 Å². The van der Waals surface area contributed by atoms with Gasteiger partial charge < -0.3 is 8.98 Å². The van der Waals surface area contributed by atoms with E-state index in [-0.39, 0.29) is 0 Å². The highest BCUT2D eigenvalue weighted by molar-refractivity contribution is 7.21. The van der Waals surface area contributed by atoms with Gasteiger partial charge >= 0.3 is 0 Å². The van der Waals surface area contributed by atoms with Crippen molar-refractivity contribution in [1.82, 2.24) is 9.55 Å². The fourth-order valence-electron chi connectivity index (χ4n) is 6.95. The number of hydrogen-bond donors (Lipinski definition) is 0. The molecule has 3 nitrogen and oxygen atoms in total. The van der Waals surface area contributed by atoms with Crippen LogP contribution in [0.5, 0.6) is 0 Å². The predicted octanol–water partition coefficient (Wildman–Crippen LogP) is 11.8. The molecule has 0 aliphatic carbocycles. The molecule has 0 N–H and O–H groups in total. The molecule has 10 aromatic rings. The standard InChI is InChI=1S/C41H24N2OS/c1-2-8-30-27(7-1)19-22-34-38(30)31-9-3-5-11-33(31)43(34)29-20-17-26(18-21-29)25-13-15-28(16-14-25)41-42-40-37(45-41)24-23-36-39(40)32-10-4-6-12-35(32)44-36/h1-24H. The van der Waals surface area contributed by atoms with Crippen molar-refractivity contribution in [2.75, 3.05) is 0 Å². The van der Waals surface area contributed by atoms with Gasteiger partial charge in [0.05, 0.1) is 26.6 Å². The summed E-state index contributed by atoms with van der Waals surface area (Å²) in [6.45, 7) is 0. The Balaban J connectivity index is 1.02. The van der Waals surface area contributed by atoms with Crippen molar-refractivity contribution in [1.29, 1.82) is 0 Å². The van der Waals surface area contributed by atoms with Gasteiger partial charge in [0.15, 0.2) is 0 Å². The Bertz CT molecular complexity index is 2750. The summed E-state index contributed by atoms with van der Waals surface area (Å²) in [5.74, 6) is 0. The Morgan fingerprint density at radius 1 is 0.489 bits per heavy atom. The maximum atomic E-state index is 6.09. The minimum atomic E-state index is 0.883. The number of aromatic nitrogens is 2. The van der Waals surface area contributed by atoms with Crippen LogP contribution in [0.2, 0.25) is 0 Å². The molecule has 4 heteroatoms. The molecule has 0 bridgehead atoms. The summed E-state index contributed by atoms with van der Waals surface area (Å²) in [5.41, 5.74) is 9.89. The Hall–Kier alpha value is -5.71. The number of benzene rings is 7. The fraction of sp³-hybridized carbons (Fsp3) is 0. The van der Waals surface area contributed by atoms with Crippen molar-refractivity contribution in [3.63, 3.8) is 0 Å². The Labute approximate surface area is 262 Å². The topological polar surface area (TPSA) is 31.0 Å². The van der Waals surface area contributed by atoms with Crippen LogP contribution in [0.4, 0.5) is 0 Å². The number of furan rings is 1. The largest absolute Gasteiger partial charge is 0.456 e. The first-order valence-electron chi connectivity index (χ1n) is 15.1. The molecule has 0 saturated heterocycles. The van der Waals surface area contributed by atoms with Gasteiger partial charge in [0, 0.05) is 27.4 Å². The first-order chi connectivity index (χ1) is 22.3. The molecule has 0 unspecified atom stereocenters. The number of rotatable bonds is 3. The molecule has 7 aromatic carbocycles. The number of hydrogen-bond acceptors (Lipinski definition) is 3. The second kappa shape index (κ2) is 9.39. The van der Waals surface area contributed by atoms with E-state index < -0.39 is 0 Å². The molecular formula is C41H24N2OS. The lowest BCUT2D eigenvalue weighted by molar-refractivity contribution is 0.669. The third-order valence-electron chi connectivity index (χ3n) is 9.05. The first-order valence-corrected chi connectivity index (χ1v) is 15.9. The molecule has 3 aromatic heterocycles. The lowest BCUT2D eigenvalue weighted by Gasteiger charge is -2.10. The molecular weight excluding hydrogens is 569 g/mol. The van der Waals surface area contributed by atoms with Crippen molar-refractivity contribution in [2.45, 2.75) is 0 Å². The van der Waals surface area contributed by atoms with Gasteiger partial charge in [-0.1, -0.05) is 103 Å². The van der Waals surface area contributed by atoms with Crippen molar-refractivity contribution in [3.8, 4) is 27.4 Å². The fourth-order valence-corrected chi connectivity index (χ4v) is 7.93. The summed E-state index contributed by atoms with van der Waals surface area (Å²) in [5, 5.41) is 8.36. The van der Waals surface area contributed by atoms with Crippen LogP contribution in [0, 0.1) is 0 Å². The normalized spacial score (nSPS) is 12.0. The third kappa shape index (κ3) is 3.67. The monoisotopic (exact) mass is 592 g/mol. The maximum Gasteiger partial charge on any atom is 0.137 e. The van der Waals surface area contributed by atoms with Crippen LogP contribution in [-0.2, 0) is 0 Å². The molecule has 210 valence electrons. The Kier molecular flexibility index (Phi) is 5.16. The quantitative estimate of drug-likeness (QED) is 0.204. The minimum absolute atomic E-state index is 0.883. The van der Waals surface area contributed by atoms with E-state index in [9.17, 15) is 0 Å². The molecule has 0 amide bonds. The highest BCUT2D eigenvalue weighted by atomic mass is 32.1. The first kappa shape index (κ1) is 24.7. The van der Waals surface area contributed by atoms with Crippen LogP contribution in [0.3, 0.4) is 0 Å². The molecule has 3 heterocycles. The van der Waals surface area contributed by atoms with Crippen LogP contribution in [-0.4, -0.2) is 9.55 Å². The predicted molar refractivity (Wildman–Crippen MR) is 190 cm³/mol. The van der Waals surface area contributed by atoms with Crippen LogP contribution in [0.1, 0.15) is 0 Å². The number of fused-ring (bicyclic) bond motifs is 10. The highest BCUT2D eigenvalue weighted by Crippen LogP contribution is 2.40. The van der Waals surface area contributed by atoms with Crippen molar-refractivity contribution >= 4 is 76.1 Å². The third-order valence-corrected chi connectivity index (χ3v) is 10.1. The van der Waals surface area contributed by atoms with E-state index in [4.69, 9.17) is 9.40 Å². The molecule has 0 aliphatic rings. The molecule has 0 atom stereocenters. The van der Waals surface area contributed by atoms with Crippen molar-refractivity contribution in [2.24, 2.45) is 0 Å². The molecule has 0 fully saturated rings. The van der Waals surface area contributed by atoms with Gasteiger partial charge in [0.1, 0.15) is 16.2 Å². The Morgan fingerprint density at radius 3 is 2.02 bits per heavy atom. The minimum Gasteiger partial charge on any atom is -0.456 e. The zero-order valence-electron chi connectivity index (χ0n) is 24.1. The summed E-state index contributed by atoms with van der Waals surface area (Å²) in [7, 11) is 0. The van der Waals surface area contributed by atoms with E-state index in [1.807, 2.05) is 12.1 Å². The average molecular weight is 593 g/mol. The SMILES string of the molecule is c1ccc2c(c1)ccc1c2c2ccccc2n1-c1ccc(-c2ccc(-c3nc4c(ccc5oc6ccccc6c54)s3)cc2)cc1. The van der Waals surface area contributed by atoms with Gasteiger partial charge in [-0.3, -0.25) is 0 Å². The highest BCUT2D eigenvalue weighted by Gasteiger charge is 2.16. The lowest BCUT2D eigenvalue weighted by Crippen LogP contribution is -1.93. The number of para-hydroxylation sites is 2. The van der Waals surface area contributed by atoms with Gasteiger partial charge in [-0.15, -0.1) is 11.3 Å². The van der Waals surface area contributed by atoms with E-state index in [2.05, 4.69) is 138 Å². The van der Waals surface area contributed by atoms with E-state index >= 15 is 0 Å². The molecule has 0 aliphatic heterocycles.